The molecule has 3 amide bonds. The lowest BCUT2D eigenvalue weighted by molar-refractivity contribution is -0.148. The number of nitrogens with zero attached hydrogens (tertiary/aromatic N) is 4. The number of hydrogen-bond donors (Lipinski definition) is 1. The van der Waals surface area contributed by atoms with Crippen LogP contribution in [0.15, 0.2) is 6.33 Å². The van der Waals surface area contributed by atoms with Crippen molar-refractivity contribution in [2.24, 2.45) is 0 Å². The lowest BCUT2D eigenvalue weighted by atomic mass is 9.78. The average Bonchev–Trinajstić information content (AvgIpc) is 3.38. The molecule has 2 fully saturated rings. The van der Waals surface area contributed by atoms with Gasteiger partial charge in [-0.1, -0.05) is 6.92 Å². The molecule has 152 valence electrons. The molecular weight excluding hydrogens is 358 g/mol. The molecule has 4 heterocycles. The molecule has 2 saturated heterocycles. The normalized spacial score (nSPS) is 23.8. The number of imidazole rings is 1. The van der Waals surface area contributed by atoms with Crippen LogP contribution in [0.5, 0.6) is 0 Å². The molecule has 1 spiro atoms. The Labute approximate surface area is 165 Å². The Morgan fingerprint density at radius 1 is 1.21 bits per heavy atom. The number of likely N-dealkylation sites (tertiary alicyclic amines) is 2. The Kier molecular flexibility index (Phi) is 4.89. The van der Waals surface area contributed by atoms with E-state index in [9.17, 15) is 14.4 Å². The summed E-state index contributed by atoms with van der Waals surface area (Å²) in [6, 6.07) is -0.327. The van der Waals surface area contributed by atoms with E-state index in [0.717, 1.165) is 30.7 Å². The first-order valence-corrected chi connectivity index (χ1v) is 10.4. The highest BCUT2D eigenvalue weighted by Crippen LogP contribution is 2.42. The molecule has 8 heteroatoms. The monoisotopic (exact) mass is 387 g/mol. The second-order valence-corrected chi connectivity index (χ2v) is 8.11. The molecule has 1 aromatic rings. The summed E-state index contributed by atoms with van der Waals surface area (Å²) < 4.78 is 0. The molecule has 0 aliphatic carbocycles. The third-order valence-corrected chi connectivity index (χ3v) is 6.71. The summed E-state index contributed by atoms with van der Waals surface area (Å²) in [7, 11) is 0. The molecule has 0 aromatic carbocycles. The van der Waals surface area contributed by atoms with Crippen LogP contribution in [0.3, 0.4) is 0 Å². The second-order valence-electron chi connectivity index (χ2n) is 8.11. The van der Waals surface area contributed by atoms with Crippen molar-refractivity contribution < 1.29 is 14.4 Å². The number of carbonyl (C=O) groups excluding carboxylic acids is 3. The van der Waals surface area contributed by atoms with Gasteiger partial charge in [0, 0.05) is 51.6 Å². The molecule has 3 aliphatic rings. The number of aromatic amines is 1. The van der Waals surface area contributed by atoms with Crippen molar-refractivity contribution in [2.75, 3.05) is 26.2 Å². The topological polar surface area (TPSA) is 89.6 Å². The predicted molar refractivity (Wildman–Crippen MR) is 102 cm³/mol. The number of hydrogen-bond acceptors (Lipinski definition) is 4. The van der Waals surface area contributed by atoms with Crippen molar-refractivity contribution in [3.05, 3.63) is 17.7 Å². The van der Waals surface area contributed by atoms with Crippen LogP contribution in [0.2, 0.25) is 0 Å². The van der Waals surface area contributed by atoms with Gasteiger partial charge in [-0.05, 0) is 25.7 Å². The number of rotatable bonds is 2. The maximum atomic E-state index is 13.1. The van der Waals surface area contributed by atoms with E-state index in [0.29, 0.717) is 45.4 Å². The quantitative estimate of drug-likeness (QED) is 0.821. The van der Waals surface area contributed by atoms with Gasteiger partial charge in [-0.3, -0.25) is 14.4 Å². The summed E-state index contributed by atoms with van der Waals surface area (Å²) in [5, 5.41) is 0. The van der Waals surface area contributed by atoms with E-state index in [2.05, 4.69) is 9.97 Å². The van der Waals surface area contributed by atoms with E-state index in [1.165, 1.54) is 6.92 Å². The fourth-order valence-corrected chi connectivity index (χ4v) is 5.25. The molecule has 1 N–H and O–H groups in total. The van der Waals surface area contributed by atoms with E-state index in [1.807, 2.05) is 16.7 Å². The molecule has 3 aliphatic heterocycles. The average molecular weight is 387 g/mol. The van der Waals surface area contributed by atoms with Gasteiger partial charge in [-0.15, -0.1) is 0 Å². The maximum absolute atomic E-state index is 13.1. The van der Waals surface area contributed by atoms with Crippen LogP contribution in [-0.4, -0.2) is 74.6 Å². The zero-order valence-corrected chi connectivity index (χ0v) is 16.7. The molecule has 0 unspecified atom stereocenters. The first-order chi connectivity index (χ1) is 13.5. The Morgan fingerprint density at radius 3 is 2.64 bits per heavy atom. The lowest BCUT2D eigenvalue weighted by Gasteiger charge is -2.50. The van der Waals surface area contributed by atoms with E-state index >= 15 is 0 Å². The van der Waals surface area contributed by atoms with Crippen molar-refractivity contribution in [2.45, 2.75) is 64.0 Å². The Balaban J connectivity index is 1.54. The van der Waals surface area contributed by atoms with Gasteiger partial charge in [0.2, 0.25) is 17.7 Å². The van der Waals surface area contributed by atoms with Crippen LogP contribution in [0.25, 0.3) is 0 Å². The smallest absolute Gasteiger partial charge is 0.245 e. The van der Waals surface area contributed by atoms with Crippen LogP contribution in [0.4, 0.5) is 0 Å². The lowest BCUT2D eigenvalue weighted by Crippen LogP contribution is -2.60. The van der Waals surface area contributed by atoms with Gasteiger partial charge in [0.1, 0.15) is 6.04 Å². The zero-order chi connectivity index (χ0) is 19.9. The Morgan fingerprint density at radius 2 is 1.96 bits per heavy atom. The number of aromatic nitrogens is 2. The summed E-state index contributed by atoms with van der Waals surface area (Å²) in [5.74, 6) is 0.165. The van der Waals surface area contributed by atoms with Crippen LogP contribution >= 0.6 is 0 Å². The van der Waals surface area contributed by atoms with Gasteiger partial charge in [0.15, 0.2) is 0 Å². The molecular formula is C20H29N5O3. The minimum absolute atomic E-state index is 0.0301. The van der Waals surface area contributed by atoms with Crippen molar-refractivity contribution in [1.29, 1.82) is 0 Å². The fourth-order valence-electron chi connectivity index (χ4n) is 5.25. The fraction of sp³-hybridized carbons (Fsp3) is 0.700. The van der Waals surface area contributed by atoms with Crippen molar-refractivity contribution >= 4 is 17.7 Å². The first-order valence-electron chi connectivity index (χ1n) is 10.4. The van der Waals surface area contributed by atoms with Gasteiger partial charge in [-0.2, -0.15) is 0 Å². The third-order valence-electron chi connectivity index (χ3n) is 6.71. The number of H-pyrrole nitrogens is 1. The highest BCUT2D eigenvalue weighted by atomic mass is 16.2. The van der Waals surface area contributed by atoms with E-state index in [1.54, 1.807) is 11.2 Å². The van der Waals surface area contributed by atoms with E-state index < -0.39 is 5.54 Å². The van der Waals surface area contributed by atoms with Crippen molar-refractivity contribution in [3.63, 3.8) is 0 Å². The second kappa shape index (κ2) is 7.22. The Bertz CT molecular complexity index is 781. The minimum atomic E-state index is -0.423. The van der Waals surface area contributed by atoms with Gasteiger partial charge < -0.3 is 19.7 Å². The molecule has 1 aromatic heterocycles. The van der Waals surface area contributed by atoms with Crippen LogP contribution in [-0.2, 0) is 26.3 Å². The zero-order valence-electron chi connectivity index (χ0n) is 16.7. The van der Waals surface area contributed by atoms with Gasteiger partial charge in [-0.25, -0.2) is 4.98 Å². The van der Waals surface area contributed by atoms with Crippen molar-refractivity contribution in [3.8, 4) is 0 Å². The largest absolute Gasteiger partial charge is 0.348 e. The van der Waals surface area contributed by atoms with Gasteiger partial charge >= 0.3 is 0 Å². The van der Waals surface area contributed by atoms with Gasteiger partial charge in [0.05, 0.1) is 17.6 Å². The van der Waals surface area contributed by atoms with E-state index in [4.69, 9.17) is 0 Å². The third kappa shape index (κ3) is 2.89. The highest BCUT2D eigenvalue weighted by Gasteiger charge is 2.49. The minimum Gasteiger partial charge on any atom is -0.348 e. The van der Waals surface area contributed by atoms with Gasteiger partial charge in [0.25, 0.3) is 0 Å². The number of fused-ring (bicyclic) bond motifs is 2. The summed E-state index contributed by atoms with van der Waals surface area (Å²) >= 11 is 0. The van der Waals surface area contributed by atoms with Crippen molar-refractivity contribution in [1.82, 2.24) is 24.7 Å². The summed E-state index contributed by atoms with van der Waals surface area (Å²) in [6.07, 6.45) is 5.98. The molecule has 0 bridgehead atoms. The number of amides is 3. The Hall–Kier alpha value is -2.38. The number of carbonyl (C=O) groups is 3. The summed E-state index contributed by atoms with van der Waals surface area (Å²) in [4.78, 5) is 51.0. The van der Waals surface area contributed by atoms with Crippen LogP contribution < -0.4 is 0 Å². The molecule has 4 rings (SSSR count). The highest BCUT2D eigenvalue weighted by molar-refractivity contribution is 5.87. The van der Waals surface area contributed by atoms with Crippen LogP contribution in [0, 0.1) is 0 Å². The SMILES string of the molecule is CCC(=O)N1CCc2[nH]cnc2C12CCN(C(=O)[C@@H]1CCCN1C(C)=O)CC2. The number of piperidine rings is 1. The molecule has 0 radical (unpaired) electrons. The first kappa shape index (κ1) is 19.0. The maximum Gasteiger partial charge on any atom is 0.245 e. The van der Waals surface area contributed by atoms with Crippen LogP contribution in [0.1, 0.15) is 57.3 Å². The molecule has 0 saturated carbocycles. The number of nitrogens with one attached hydrogen (secondary N) is 1. The predicted octanol–water partition coefficient (Wildman–Crippen LogP) is 1.03. The summed E-state index contributed by atoms with van der Waals surface area (Å²) in [6.45, 7) is 5.95. The summed E-state index contributed by atoms with van der Waals surface area (Å²) in [5.41, 5.74) is 1.66. The molecule has 28 heavy (non-hydrogen) atoms. The molecule has 8 nitrogen and oxygen atoms in total. The standard InChI is InChI=1S/C20H29N5O3/c1-3-17(27)25-10-6-15-18(22-13-21-15)20(25)7-11-23(12-8-20)19(28)16-5-4-9-24(16)14(2)26/h13,16H,3-12H2,1-2H3,(H,21,22)/t16-/m0/s1. The van der Waals surface area contributed by atoms with E-state index in [-0.39, 0.29) is 23.8 Å². The molecule has 1 atom stereocenters.